The Morgan fingerprint density at radius 2 is 1.81 bits per heavy atom. The van der Waals surface area contributed by atoms with Crippen LogP contribution in [0, 0.1) is 0 Å². The van der Waals surface area contributed by atoms with Crippen LogP contribution in [0.25, 0.3) is 16.9 Å². The van der Waals surface area contributed by atoms with Gasteiger partial charge in [0.05, 0.1) is 12.0 Å². The normalized spacial score (nSPS) is 23.5. The van der Waals surface area contributed by atoms with Crippen molar-refractivity contribution in [2.24, 2.45) is 0 Å². The van der Waals surface area contributed by atoms with Crippen LogP contribution in [0.2, 0.25) is 0 Å². The summed E-state index contributed by atoms with van der Waals surface area (Å²) in [5, 5.41) is 20.7. The first kappa shape index (κ1) is 23.8. The van der Waals surface area contributed by atoms with Gasteiger partial charge in [0, 0.05) is 6.20 Å². The number of nitrogen functional groups attached to an aromatic ring is 1. The average molecular weight is 504 g/mol. The molecule has 0 saturated carbocycles. The van der Waals surface area contributed by atoms with Crippen molar-refractivity contribution in [2.45, 2.75) is 12.2 Å². The van der Waals surface area contributed by atoms with Gasteiger partial charge in [0.15, 0.2) is 23.6 Å². The Bertz CT molecular complexity index is 1170. The monoisotopic (exact) mass is 504 g/mol. The summed E-state index contributed by atoms with van der Waals surface area (Å²) in [6, 6.07) is 1.50. The summed E-state index contributed by atoms with van der Waals surface area (Å²) >= 11 is 0. The highest BCUT2D eigenvalue weighted by molar-refractivity contribution is 7.66. The summed E-state index contributed by atoms with van der Waals surface area (Å²) in [7, 11) is -16.7. The van der Waals surface area contributed by atoms with E-state index >= 15 is 0 Å². The van der Waals surface area contributed by atoms with Crippen molar-refractivity contribution in [3.8, 4) is 0 Å². The van der Waals surface area contributed by atoms with E-state index in [1.54, 1.807) is 0 Å². The van der Waals surface area contributed by atoms with Gasteiger partial charge in [-0.25, -0.2) is 23.7 Å². The Morgan fingerprint density at radius 1 is 1.13 bits per heavy atom. The van der Waals surface area contributed by atoms with Crippen molar-refractivity contribution >= 4 is 46.2 Å². The van der Waals surface area contributed by atoms with E-state index < -0.39 is 48.0 Å². The minimum atomic E-state index is -5.70. The standard InChI is InChI=1S/C11H15N4O13P3/c12-9-5-1-2-15(10(5)14-4-13-9)11-8(17)7(16)6(26-11)3-25-30(21,22)28-31(23,24)27-29(18,19)20/h1-2,4,6-7,16-17H,3H2,(H,21,22)(H,23,24)(H2,12,13,14)(H2,18,19,20)/t6-,7-/m1/s1. The second-order valence-electron chi connectivity index (χ2n) is 5.86. The highest BCUT2D eigenvalue weighted by atomic mass is 31.3. The molecule has 2 aromatic heterocycles. The van der Waals surface area contributed by atoms with Gasteiger partial charge in [-0.3, -0.25) is 9.09 Å². The minimum Gasteiger partial charge on any atom is -0.505 e. The third-order valence-electron chi connectivity index (χ3n) is 3.66. The molecule has 0 fully saturated rings. The lowest BCUT2D eigenvalue weighted by Crippen LogP contribution is -2.28. The van der Waals surface area contributed by atoms with Gasteiger partial charge >= 0.3 is 23.5 Å². The summed E-state index contributed by atoms with van der Waals surface area (Å²) in [6.45, 7) is -0.977. The molecule has 0 aliphatic carbocycles. The van der Waals surface area contributed by atoms with E-state index in [2.05, 4.69) is 23.1 Å². The largest absolute Gasteiger partial charge is 0.505 e. The zero-order valence-electron chi connectivity index (χ0n) is 14.9. The molecule has 2 unspecified atom stereocenters. The molecule has 0 aromatic carbocycles. The fraction of sp³-hybridized carbons (Fsp3) is 0.273. The molecular weight excluding hydrogens is 489 g/mol. The van der Waals surface area contributed by atoms with Crippen molar-refractivity contribution in [2.75, 3.05) is 12.3 Å². The summed E-state index contributed by atoms with van der Waals surface area (Å²) in [5.74, 6) is -0.887. The molecule has 17 nitrogen and oxygen atoms in total. The third-order valence-corrected chi connectivity index (χ3v) is 7.47. The van der Waals surface area contributed by atoms with Crippen molar-refractivity contribution < 1.29 is 61.4 Å². The Morgan fingerprint density at radius 3 is 2.45 bits per heavy atom. The molecule has 3 rings (SSSR count). The number of ether oxygens (including phenoxy) is 1. The summed E-state index contributed by atoms with van der Waals surface area (Å²) < 4.78 is 51.8. The molecule has 0 amide bonds. The van der Waals surface area contributed by atoms with E-state index in [0.717, 1.165) is 6.33 Å². The van der Waals surface area contributed by atoms with Crippen molar-refractivity contribution in [3.63, 3.8) is 0 Å². The van der Waals surface area contributed by atoms with Crippen molar-refractivity contribution in [3.05, 3.63) is 24.3 Å². The molecule has 0 spiro atoms. The maximum Gasteiger partial charge on any atom is 0.490 e. The van der Waals surface area contributed by atoms with Crippen LogP contribution in [-0.4, -0.2) is 63.1 Å². The van der Waals surface area contributed by atoms with Gasteiger partial charge in [0.1, 0.15) is 12.1 Å². The smallest absolute Gasteiger partial charge is 0.490 e. The molecule has 172 valence electrons. The summed E-state index contributed by atoms with van der Waals surface area (Å²) in [6.07, 6.45) is -0.738. The van der Waals surface area contributed by atoms with Crippen LogP contribution >= 0.6 is 23.5 Å². The van der Waals surface area contributed by atoms with Gasteiger partial charge in [-0.1, -0.05) is 0 Å². The number of nitrogens with two attached hydrogens (primary N) is 1. The molecule has 4 atom stereocenters. The number of hydrogen-bond donors (Lipinski definition) is 7. The van der Waals surface area contributed by atoms with Crippen LogP contribution in [0.1, 0.15) is 0 Å². The van der Waals surface area contributed by atoms with Crippen molar-refractivity contribution in [1.82, 2.24) is 14.5 Å². The molecule has 31 heavy (non-hydrogen) atoms. The summed E-state index contributed by atoms with van der Waals surface area (Å²) in [5.41, 5.74) is 5.92. The third kappa shape index (κ3) is 5.49. The molecule has 20 heteroatoms. The number of anilines is 1. The number of hydrogen-bond acceptors (Lipinski definition) is 12. The van der Waals surface area contributed by atoms with Gasteiger partial charge < -0.3 is 40.3 Å². The highest BCUT2D eigenvalue weighted by Gasteiger charge is 2.43. The number of aliphatic hydroxyl groups is 2. The van der Waals surface area contributed by atoms with Gasteiger partial charge in [-0.05, 0) is 6.07 Å². The fourth-order valence-corrected chi connectivity index (χ4v) is 5.51. The molecule has 0 saturated heterocycles. The second-order valence-corrected chi connectivity index (χ2v) is 10.3. The maximum atomic E-state index is 11.8. The van der Waals surface area contributed by atoms with Crippen LogP contribution < -0.4 is 5.73 Å². The highest BCUT2D eigenvalue weighted by Crippen LogP contribution is 2.66. The SMILES string of the molecule is Nc1ncnc2c1ccn2C1=C(O)[C@H](O)[C@@H](COP(=O)(O)OP(=O)(O)OP(=O)(O)O)O1. The lowest BCUT2D eigenvalue weighted by molar-refractivity contribution is 0.0131. The molecule has 1 aliphatic rings. The number of nitrogens with zero attached hydrogens (tertiary/aromatic N) is 3. The van der Waals surface area contributed by atoms with E-state index in [1.807, 2.05) is 0 Å². The van der Waals surface area contributed by atoms with E-state index in [9.17, 15) is 28.8 Å². The number of aromatic nitrogens is 3. The van der Waals surface area contributed by atoms with Crippen LogP contribution in [0.4, 0.5) is 5.82 Å². The number of aliphatic hydroxyl groups excluding tert-OH is 2. The van der Waals surface area contributed by atoms with Gasteiger partial charge in [-0.2, -0.15) is 8.62 Å². The Labute approximate surface area is 171 Å². The lowest BCUT2D eigenvalue weighted by atomic mass is 10.2. The number of phosphoric ester groups is 1. The van der Waals surface area contributed by atoms with Gasteiger partial charge in [-0.15, -0.1) is 0 Å². The predicted molar refractivity (Wildman–Crippen MR) is 98.5 cm³/mol. The number of fused-ring (bicyclic) bond motifs is 1. The molecule has 8 N–H and O–H groups in total. The first-order chi connectivity index (χ1) is 14.2. The average Bonchev–Trinajstić information content (AvgIpc) is 3.13. The Balaban J connectivity index is 1.71. The Kier molecular flexibility index (Phi) is 6.32. The van der Waals surface area contributed by atoms with E-state index in [0.29, 0.717) is 5.39 Å². The molecule has 1 aliphatic heterocycles. The molecule has 3 heterocycles. The van der Waals surface area contributed by atoms with Crippen LogP contribution in [0.3, 0.4) is 0 Å². The van der Waals surface area contributed by atoms with Crippen LogP contribution in [0.15, 0.2) is 24.3 Å². The van der Waals surface area contributed by atoms with Gasteiger partial charge in [0.25, 0.3) is 0 Å². The maximum absolute atomic E-state index is 11.8. The minimum absolute atomic E-state index is 0.131. The zero-order valence-corrected chi connectivity index (χ0v) is 17.6. The lowest BCUT2D eigenvalue weighted by Gasteiger charge is -2.19. The molecular formula is C11H15N4O13P3. The van der Waals surface area contributed by atoms with Crippen LogP contribution in [-0.2, 0) is 31.6 Å². The van der Waals surface area contributed by atoms with E-state index in [1.165, 1.54) is 16.8 Å². The molecule has 2 aromatic rings. The van der Waals surface area contributed by atoms with Crippen LogP contribution in [0.5, 0.6) is 0 Å². The quantitative estimate of drug-likeness (QED) is 0.229. The first-order valence-corrected chi connectivity index (χ1v) is 12.4. The first-order valence-electron chi connectivity index (χ1n) is 7.83. The Hall–Kier alpha value is -1.87. The molecule has 0 radical (unpaired) electrons. The number of phosphoric acid groups is 3. The topological polar surface area (TPSA) is 266 Å². The number of rotatable bonds is 8. The van der Waals surface area contributed by atoms with Gasteiger partial charge in [0.2, 0.25) is 5.88 Å². The second kappa shape index (κ2) is 8.24. The van der Waals surface area contributed by atoms with E-state index in [-0.39, 0.29) is 17.3 Å². The summed E-state index contributed by atoms with van der Waals surface area (Å²) in [4.78, 5) is 43.3. The zero-order chi connectivity index (χ0) is 23.2. The van der Waals surface area contributed by atoms with E-state index in [4.69, 9.17) is 25.2 Å². The predicted octanol–water partition coefficient (Wildman–Crippen LogP) is -0.199. The molecule has 0 bridgehead atoms. The van der Waals surface area contributed by atoms with Crippen molar-refractivity contribution in [1.29, 1.82) is 0 Å². The fourth-order valence-electron chi connectivity index (χ4n) is 2.48.